The van der Waals surface area contributed by atoms with Crippen LogP contribution in [0.3, 0.4) is 0 Å². The molecule has 0 aliphatic heterocycles. The van der Waals surface area contributed by atoms with Gasteiger partial charge in [0.25, 0.3) is 0 Å². The summed E-state index contributed by atoms with van der Waals surface area (Å²) >= 11 is 5.11. The van der Waals surface area contributed by atoms with E-state index in [-0.39, 0.29) is 0 Å². The molecule has 0 saturated carbocycles. The van der Waals surface area contributed by atoms with Crippen LogP contribution in [0, 0.1) is 6.92 Å². The Morgan fingerprint density at radius 3 is 2.64 bits per heavy atom. The van der Waals surface area contributed by atoms with Gasteiger partial charge in [-0.15, -0.1) is 10.2 Å². The van der Waals surface area contributed by atoms with E-state index < -0.39 is 0 Å². The van der Waals surface area contributed by atoms with Crippen molar-refractivity contribution in [1.82, 2.24) is 19.8 Å². The fraction of sp³-hybridized carbons (Fsp3) is 0.105. The molecule has 0 N–H and O–H groups in total. The summed E-state index contributed by atoms with van der Waals surface area (Å²) in [5.41, 5.74) is 5.25. The third kappa shape index (κ3) is 3.60. The summed E-state index contributed by atoms with van der Waals surface area (Å²) in [6, 6.07) is 20.5. The molecular weight excluding hydrogens is 396 g/mol. The van der Waals surface area contributed by atoms with Crippen LogP contribution in [0.5, 0.6) is 0 Å². The first kappa shape index (κ1) is 16.3. The molecule has 2 aromatic heterocycles. The van der Waals surface area contributed by atoms with E-state index in [1.165, 1.54) is 11.1 Å². The van der Waals surface area contributed by atoms with Gasteiger partial charge < -0.3 is 0 Å². The molecule has 6 heteroatoms. The zero-order valence-electron chi connectivity index (χ0n) is 13.6. The van der Waals surface area contributed by atoms with Gasteiger partial charge in [-0.25, -0.2) is 0 Å². The van der Waals surface area contributed by atoms with Crippen LogP contribution in [0.25, 0.3) is 16.9 Å². The van der Waals surface area contributed by atoms with Crippen molar-refractivity contribution in [3.8, 4) is 11.3 Å². The summed E-state index contributed by atoms with van der Waals surface area (Å²) in [6.45, 7) is 2.10. The minimum atomic E-state index is 0.757. The van der Waals surface area contributed by atoms with E-state index in [4.69, 9.17) is 5.10 Å². The topological polar surface area (TPSA) is 43.1 Å². The molecule has 4 aromatic rings. The van der Waals surface area contributed by atoms with Gasteiger partial charge in [-0.3, -0.25) is 0 Å². The maximum atomic E-state index is 4.72. The molecule has 2 heterocycles. The summed E-state index contributed by atoms with van der Waals surface area (Å²) in [5, 5.41) is 14.0. The summed E-state index contributed by atoms with van der Waals surface area (Å²) in [4.78, 5) is 0. The van der Waals surface area contributed by atoms with Gasteiger partial charge in [0, 0.05) is 15.8 Å². The lowest BCUT2D eigenvalue weighted by Crippen LogP contribution is -1.96. The minimum Gasteiger partial charge on any atom is -0.187 e. The Morgan fingerprint density at radius 2 is 1.84 bits per heavy atom. The van der Waals surface area contributed by atoms with Crippen molar-refractivity contribution in [2.75, 3.05) is 0 Å². The first-order chi connectivity index (χ1) is 12.2. The number of aromatic nitrogens is 4. The highest BCUT2D eigenvalue weighted by Crippen LogP contribution is 2.24. The molecule has 0 unspecified atom stereocenters. The normalized spacial score (nSPS) is 11.1. The second-order valence-electron chi connectivity index (χ2n) is 5.76. The first-order valence-electron chi connectivity index (χ1n) is 7.86. The Kier molecular flexibility index (Phi) is 4.55. The summed E-state index contributed by atoms with van der Waals surface area (Å²) in [5.74, 6) is 0.840. The maximum absolute atomic E-state index is 4.72. The molecule has 0 saturated heterocycles. The predicted molar refractivity (Wildman–Crippen MR) is 105 cm³/mol. The van der Waals surface area contributed by atoms with Crippen LogP contribution < -0.4 is 0 Å². The molecular formula is C19H15BrN4S. The van der Waals surface area contributed by atoms with E-state index in [2.05, 4.69) is 57.3 Å². The van der Waals surface area contributed by atoms with Crippen LogP contribution in [-0.2, 0) is 5.75 Å². The molecule has 0 fully saturated rings. The van der Waals surface area contributed by atoms with Gasteiger partial charge >= 0.3 is 0 Å². The fourth-order valence-electron chi connectivity index (χ4n) is 2.58. The zero-order valence-corrected chi connectivity index (χ0v) is 16.0. The van der Waals surface area contributed by atoms with Crippen LogP contribution in [0.15, 0.2) is 70.3 Å². The number of hydrogen-bond donors (Lipinski definition) is 0. The largest absolute Gasteiger partial charge is 0.212 e. The highest BCUT2D eigenvalue weighted by atomic mass is 79.9. The standard InChI is InChI=1S/C19H15BrN4S/c1-13-3-2-4-14(11-13)12-25-19-22-21-18-10-9-17(23-24(18)19)15-5-7-16(20)8-6-15/h2-11H,12H2,1H3. The molecule has 0 atom stereocenters. The second-order valence-corrected chi connectivity index (χ2v) is 7.61. The Balaban J connectivity index is 1.63. The molecule has 0 amide bonds. The van der Waals surface area contributed by atoms with Gasteiger partial charge in [0.05, 0.1) is 5.69 Å². The van der Waals surface area contributed by atoms with Gasteiger partial charge in [0.2, 0.25) is 5.16 Å². The van der Waals surface area contributed by atoms with Gasteiger partial charge in [-0.2, -0.15) is 9.61 Å². The highest BCUT2D eigenvalue weighted by molar-refractivity contribution is 9.10. The lowest BCUT2D eigenvalue weighted by molar-refractivity contribution is 0.813. The Bertz CT molecular complexity index is 1030. The molecule has 4 rings (SSSR count). The maximum Gasteiger partial charge on any atom is 0.212 e. The van der Waals surface area contributed by atoms with Crippen molar-refractivity contribution in [3.05, 3.63) is 76.3 Å². The zero-order chi connectivity index (χ0) is 17.2. The van der Waals surface area contributed by atoms with Crippen LogP contribution in [-0.4, -0.2) is 19.8 Å². The van der Waals surface area contributed by atoms with E-state index in [1.807, 2.05) is 40.9 Å². The predicted octanol–water partition coefficient (Wildman–Crippen LogP) is 5.15. The molecule has 0 radical (unpaired) electrons. The van der Waals surface area contributed by atoms with Gasteiger partial charge in [-0.05, 0) is 36.8 Å². The molecule has 0 bridgehead atoms. The number of benzene rings is 2. The number of thioether (sulfide) groups is 1. The van der Waals surface area contributed by atoms with Crippen molar-refractivity contribution in [3.63, 3.8) is 0 Å². The van der Waals surface area contributed by atoms with Gasteiger partial charge in [-0.1, -0.05) is 69.7 Å². The average Bonchev–Trinajstić information content (AvgIpc) is 3.03. The van der Waals surface area contributed by atoms with Gasteiger partial charge in [0.15, 0.2) is 5.65 Å². The summed E-state index contributed by atoms with van der Waals surface area (Å²) in [6.07, 6.45) is 0. The SMILES string of the molecule is Cc1cccc(CSc2nnc3ccc(-c4ccc(Br)cc4)nn23)c1. The number of nitrogens with zero attached hydrogens (tertiary/aromatic N) is 4. The molecule has 0 aliphatic carbocycles. The van der Waals surface area contributed by atoms with E-state index >= 15 is 0 Å². The van der Waals surface area contributed by atoms with Crippen molar-refractivity contribution in [2.45, 2.75) is 17.8 Å². The number of halogens is 1. The number of aryl methyl sites for hydroxylation is 1. The van der Waals surface area contributed by atoms with Crippen molar-refractivity contribution in [1.29, 1.82) is 0 Å². The molecule has 2 aromatic carbocycles. The third-order valence-electron chi connectivity index (χ3n) is 3.82. The smallest absolute Gasteiger partial charge is 0.187 e. The van der Waals surface area contributed by atoms with E-state index in [0.29, 0.717) is 0 Å². The highest BCUT2D eigenvalue weighted by Gasteiger charge is 2.10. The van der Waals surface area contributed by atoms with Crippen molar-refractivity contribution >= 4 is 33.3 Å². The van der Waals surface area contributed by atoms with E-state index in [1.54, 1.807) is 11.8 Å². The van der Waals surface area contributed by atoms with Gasteiger partial charge in [0.1, 0.15) is 0 Å². The molecule has 0 aliphatic rings. The Morgan fingerprint density at radius 1 is 1.00 bits per heavy atom. The molecule has 0 spiro atoms. The third-order valence-corrected chi connectivity index (χ3v) is 5.34. The first-order valence-corrected chi connectivity index (χ1v) is 9.64. The van der Waals surface area contributed by atoms with Crippen LogP contribution in [0.1, 0.15) is 11.1 Å². The molecule has 25 heavy (non-hydrogen) atoms. The molecule has 124 valence electrons. The molecule has 4 nitrogen and oxygen atoms in total. The van der Waals surface area contributed by atoms with Crippen LogP contribution in [0.2, 0.25) is 0 Å². The fourth-order valence-corrected chi connectivity index (χ4v) is 3.68. The quantitative estimate of drug-likeness (QED) is 0.436. The lowest BCUT2D eigenvalue weighted by Gasteiger charge is -2.04. The minimum absolute atomic E-state index is 0.757. The van der Waals surface area contributed by atoms with Crippen molar-refractivity contribution in [2.24, 2.45) is 0 Å². The number of rotatable bonds is 4. The second kappa shape index (κ2) is 6.98. The Hall–Kier alpha value is -2.18. The summed E-state index contributed by atoms with van der Waals surface area (Å²) < 4.78 is 2.87. The Labute approximate surface area is 158 Å². The van der Waals surface area contributed by atoms with Crippen LogP contribution >= 0.6 is 27.7 Å². The van der Waals surface area contributed by atoms with Crippen molar-refractivity contribution < 1.29 is 0 Å². The monoisotopic (exact) mass is 410 g/mol. The number of fused-ring (bicyclic) bond motifs is 1. The lowest BCUT2D eigenvalue weighted by atomic mass is 10.1. The van der Waals surface area contributed by atoms with E-state index in [9.17, 15) is 0 Å². The average molecular weight is 411 g/mol. The van der Waals surface area contributed by atoms with E-state index in [0.717, 1.165) is 32.3 Å². The summed E-state index contributed by atoms with van der Waals surface area (Å²) in [7, 11) is 0. The number of hydrogen-bond acceptors (Lipinski definition) is 4. The van der Waals surface area contributed by atoms with Crippen LogP contribution in [0.4, 0.5) is 0 Å².